The van der Waals surface area contributed by atoms with Crippen LogP contribution in [0, 0.1) is 0 Å². The van der Waals surface area contributed by atoms with Gasteiger partial charge in [0.2, 0.25) is 0 Å². The van der Waals surface area contributed by atoms with E-state index in [-0.39, 0.29) is 11.5 Å². The van der Waals surface area contributed by atoms with E-state index in [1.807, 2.05) is 52.7 Å². The second-order valence-corrected chi connectivity index (χ2v) is 7.04. The number of carbonyl (C=O) groups is 1. The van der Waals surface area contributed by atoms with Gasteiger partial charge in [0, 0.05) is 37.8 Å². The maximum atomic E-state index is 12.5. The molecule has 0 radical (unpaired) electrons. The molecule has 0 spiro atoms. The molecule has 132 valence electrons. The summed E-state index contributed by atoms with van der Waals surface area (Å²) in [4.78, 5) is 29.1. The van der Waals surface area contributed by atoms with Gasteiger partial charge < -0.3 is 9.80 Å². The number of thiophene rings is 1. The van der Waals surface area contributed by atoms with Crippen LogP contribution in [-0.2, 0) is 0 Å². The first-order valence-corrected chi connectivity index (χ1v) is 9.33. The summed E-state index contributed by atoms with van der Waals surface area (Å²) in [5.41, 5.74) is 2.29. The number of nitrogens with one attached hydrogen (secondary N) is 1. The van der Waals surface area contributed by atoms with Crippen molar-refractivity contribution in [3.63, 3.8) is 0 Å². The molecule has 1 N–H and O–H groups in total. The Hall–Kier alpha value is -2.93. The highest BCUT2D eigenvalue weighted by molar-refractivity contribution is 7.12. The van der Waals surface area contributed by atoms with Crippen molar-refractivity contribution in [3.8, 4) is 11.3 Å². The molecule has 1 aliphatic heterocycles. The van der Waals surface area contributed by atoms with Crippen LogP contribution < -0.4 is 10.5 Å². The molecule has 2 aromatic heterocycles. The van der Waals surface area contributed by atoms with E-state index in [9.17, 15) is 9.59 Å². The Labute approximate surface area is 154 Å². The summed E-state index contributed by atoms with van der Waals surface area (Å²) in [6.45, 7) is 2.58. The molecular weight excluding hydrogens is 348 g/mol. The number of hydrogen-bond acceptors (Lipinski definition) is 5. The maximum absolute atomic E-state index is 12.5. The second-order valence-electron chi connectivity index (χ2n) is 6.09. The molecule has 4 rings (SSSR count). The molecule has 0 atom stereocenters. The molecule has 7 heteroatoms. The molecular formula is C19H18N4O2S. The minimum absolute atomic E-state index is 0.0759. The van der Waals surface area contributed by atoms with E-state index in [1.54, 1.807) is 6.07 Å². The minimum Gasteiger partial charge on any atom is -0.366 e. The van der Waals surface area contributed by atoms with Crippen molar-refractivity contribution < 1.29 is 4.79 Å². The highest BCUT2D eigenvalue weighted by Gasteiger charge is 2.25. The summed E-state index contributed by atoms with van der Waals surface area (Å²) in [6, 6.07) is 15.1. The summed E-state index contributed by atoms with van der Waals surface area (Å²) in [5.74, 6) is 0.0759. The predicted octanol–water partition coefficient (Wildman–Crippen LogP) is 2.46. The van der Waals surface area contributed by atoms with Crippen molar-refractivity contribution in [2.45, 2.75) is 0 Å². The maximum Gasteiger partial charge on any atom is 0.266 e. The lowest BCUT2D eigenvalue weighted by Crippen LogP contribution is -2.49. The van der Waals surface area contributed by atoms with Gasteiger partial charge in [-0.25, -0.2) is 5.10 Å². The summed E-state index contributed by atoms with van der Waals surface area (Å²) >= 11 is 1.46. The first kappa shape index (κ1) is 16.5. The molecule has 1 saturated heterocycles. The van der Waals surface area contributed by atoms with Gasteiger partial charge in [-0.3, -0.25) is 9.59 Å². The summed E-state index contributed by atoms with van der Waals surface area (Å²) < 4.78 is 0. The molecule has 1 fully saturated rings. The first-order chi connectivity index (χ1) is 12.7. The third kappa shape index (κ3) is 3.25. The zero-order valence-corrected chi connectivity index (χ0v) is 14.9. The summed E-state index contributed by atoms with van der Waals surface area (Å²) in [5, 5.41) is 8.70. The number of hydrogen-bond donors (Lipinski definition) is 1. The highest BCUT2D eigenvalue weighted by atomic mass is 32.1. The van der Waals surface area contributed by atoms with Gasteiger partial charge in [0.25, 0.3) is 11.5 Å². The van der Waals surface area contributed by atoms with Crippen LogP contribution in [-0.4, -0.2) is 47.2 Å². The Kier molecular flexibility index (Phi) is 4.53. The molecule has 0 saturated carbocycles. The number of rotatable bonds is 3. The molecule has 3 heterocycles. The fourth-order valence-corrected chi connectivity index (χ4v) is 3.84. The van der Waals surface area contributed by atoms with Crippen LogP contribution in [0.5, 0.6) is 0 Å². The summed E-state index contributed by atoms with van der Waals surface area (Å²) in [6.07, 6.45) is 0. The Morgan fingerprint density at radius 3 is 2.50 bits per heavy atom. The van der Waals surface area contributed by atoms with Gasteiger partial charge in [0.1, 0.15) is 5.69 Å². The van der Waals surface area contributed by atoms with Gasteiger partial charge in [-0.15, -0.1) is 11.3 Å². The monoisotopic (exact) mass is 366 g/mol. The number of nitrogens with zero attached hydrogens (tertiary/aromatic N) is 3. The number of benzene rings is 1. The van der Waals surface area contributed by atoms with Crippen LogP contribution in [0.4, 0.5) is 5.69 Å². The average molecular weight is 366 g/mol. The van der Waals surface area contributed by atoms with Crippen molar-refractivity contribution in [2.75, 3.05) is 31.1 Å². The van der Waals surface area contributed by atoms with Crippen molar-refractivity contribution in [3.05, 3.63) is 69.1 Å². The third-order valence-corrected chi connectivity index (χ3v) is 5.33. The van der Waals surface area contributed by atoms with Gasteiger partial charge >= 0.3 is 0 Å². The number of anilines is 1. The molecule has 3 aromatic rings. The Morgan fingerprint density at radius 1 is 1.04 bits per heavy atom. The van der Waals surface area contributed by atoms with Crippen LogP contribution in [0.3, 0.4) is 0 Å². The Bertz CT molecular complexity index is 945. The van der Waals surface area contributed by atoms with E-state index in [1.165, 1.54) is 11.3 Å². The SMILES string of the molecule is O=C(c1cccs1)N1CCN(c2cc(=O)[nH]nc2-c2ccccc2)CC1. The van der Waals surface area contributed by atoms with Crippen LogP contribution in [0.2, 0.25) is 0 Å². The quantitative estimate of drug-likeness (QED) is 0.773. The predicted molar refractivity (Wildman–Crippen MR) is 103 cm³/mol. The number of H-pyrrole nitrogens is 1. The minimum atomic E-state index is -0.225. The molecule has 0 unspecified atom stereocenters. The lowest BCUT2D eigenvalue weighted by Gasteiger charge is -2.36. The Morgan fingerprint density at radius 2 is 1.81 bits per heavy atom. The fraction of sp³-hybridized carbons (Fsp3) is 0.211. The number of carbonyl (C=O) groups excluding carboxylic acids is 1. The van der Waals surface area contributed by atoms with Crippen molar-refractivity contribution >= 4 is 22.9 Å². The molecule has 0 aliphatic carbocycles. The van der Waals surface area contributed by atoms with Gasteiger partial charge in [0.15, 0.2) is 0 Å². The normalized spacial score (nSPS) is 14.5. The van der Waals surface area contributed by atoms with E-state index in [2.05, 4.69) is 15.1 Å². The van der Waals surface area contributed by atoms with Gasteiger partial charge in [-0.1, -0.05) is 36.4 Å². The molecule has 1 amide bonds. The zero-order valence-electron chi connectivity index (χ0n) is 14.1. The van der Waals surface area contributed by atoms with Crippen LogP contribution in [0.15, 0.2) is 58.7 Å². The second kappa shape index (κ2) is 7.13. The van der Waals surface area contributed by atoms with Crippen LogP contribution >= 0.6 is 11.3 Å². The fourth-order valence-electron chi connectivity index (χ4n) is 3.15. The van der Waals surface area contributed by atoms with E-state index >= 15 is 0 Å². The lowest BCUT2D eigenvalue weighted by molar-refractivity contribution is 0.0751. The zero-order chi connectivity index (χ0) is 17.9. The molecule has 6 nitrogen and oxygen atoms in total. The van der Waals surface area contributed by atoms with Crippen molar-refractivity contribution in [1.82, 2.24) is 15.1 Å². The number of aromatic amines is 1. The lowest BCUT2D eigenvalue weighted by atomic mass is 10.1. The average Bonchev–Trinajstić information content (AvgIpc) is 3.23. The molecule has 26 heavy (non-hydrogen) atoms. The summed E-state index contributed by atoms with van der Waals surface area (Å²) in [7, 11) is 0. The van der Waals surface area contributed by atoms with Crippen molar-refractivity contribution in [2.24, 2.45) is 0 Å². The molecule has 1 aliphatic rings. The van der Waals surface area contributed by atoms with E-state index in [0.717, 1.165) is 21.8 Å². The van der Waals surface area contributed by atoms with Crippen molar-refractivity contribution in [1.29, 1.82) is 0 Å². The topological polar surface area (TPSA) is 69.3 Å². The highest BCUT2D eigenvalue weighted by Crippen LogP contribution is 2.28. The smallest absolute Gasteiger partial charge is 0.266 e. The number of amides is 1. The molecule has 1 aromatic carbocycles. The number of piperazine rings is 1. The Balaban J connectivity index is 1.55. The van der Waals surface area contributed by atoms with Crippen LogP contribution in [0.1, 0.15) is 9.67 Å². The van der Waals surface area contributed by atoms with E-state index in [0.29, 0.717) is 26.2 Å². The van der Waals surface area contributed by atoms with Gasteiger partial charge in [-0.2, -0.15) is 5.10 Å². The van der Waals surface area contributed by atoms with Gasteiger partial charge in [0.05, 0.1) is 10.6 Å². The standard InChI is InChI=1S/C19H18N4O2S/c24-17-13-15(18(21-20-17)14-5-2-1-3-6-14)22-8-10-23(11-9-22)19(25)16-7-4-12-26-16/h1-7,12-13H,8-11H2,(H,20,24). The third-order valence-electron chi connectivity index (χ3n) is 4.48. The van der Waals surface area contributed by atoms with E-state index < -0.39 is 0 Å². The molecule has 0 bridgehead atoms. The van der Waals surface area contributed by atoms with Gasteiger partial charge in [-0.05, 0) is 11.4 Å². The first-order valence-electron chi connectivity index (χ1n) is 8.45. The largest absolute Gasteiger partial charge is 0.366 e. The van der Waals surface area contributed by atoms with Crippen LogP contribution in [0.25, 0.3) is 11.3 Å². The van der Waals surface area contributed by atoms with E-state index in [4.69, 9.17) is 0 Å². The number of aromatic nitrogens is 2.